The lowest BCUT2D eigenvalue weighted by atomic mass is 9.50. The van der Waals surface area contributed by atoms with Crippen molar-refractivity contribution in [1.82, 2.24) is 18.9 Å². The van der Waals surface area contributed by atoms with Gasteiger partial charge in [0.2, 0.25) is 5.70 Å². The van der Waals surface area contributed by atoms with E-state index in [0.717, 1.165) is 112 Å². The molecule has 0 N–H and O–H groups in total. The third-order valence-electron chi connectivity index (χ3n) is 15.2. The van der Waals surface area contributed by atoms with Gasteiger partial charge in [-0.05, 0) is 79.1 Å². The molecule has 0 aliphatic heterocycles. The summed E-state index contributed by atoms with van der Waals surface area (Å²) >= 11 is 3.11. The van der Waals surface area contributed by atoms with E-state index in [1.807, 2.05) is 36.4 Å². The maximum atomic E-state index is 12.3. The molecule has 76 heavy (non-hydrogen) atoms. The number of nitrogens with zero attached hydrogens (tertiary/aromatic N) is 6. The lowest BCUT2D eigenvalue weighted by molar-refractivity contribution is 0.679. The molecule has 0 bridgehead atoms. The van der Waals surface area contributed by atoms with Crippen LogP contribution in [0, 0.1) is 24.8 Å². The average Bonchev–Trinajstić information content (AvgIpc) is 4.26. The van der Waals surface area contributed by atoms with Gasteiger partial charge in [-0.25, -0.2) is 14.8 Å². The first-order valence-corrected chi connectivity index (χ1v) is 27.6. The minimum Gasteiger partial charge on any atom is -0.384 e. The highest BCUT2D eigenvalue weighted by Gasteiger charge is 2.37. The Labute approximate surface area is 450 Å². The lowest BCUT2D eigenvalue weighted by Gasteiger charge is -2.25. The third kappa shape index (κ3) is 8.19. The fourth-order valence-electron chi connectivity index (χ4n) is 11.9. The molecule has 0 saturated heterocycles. The second kappa shape index (κ2) is 20.1. The third-order valence-corrected chi connectivity index (χ3v) is 17.3. The Morgan fingerprint density at radius 3 is 1.64 bits per heavy atom. The van der Waals surface area contributed by atoms with Crippen molar-refractivity contribution < 1.29 is 0 Å². The Balaban J connectivity index is 1.37. The summed E-state index contributed by atoms with van der Waals surface area (Å²) in [6, 6.07) is 77.6. The zero-order valence-corrected chi connectivity index (χ0v) is 43.5. The number of fused-ring (bicyclic) bond motifs is 4. The molecule has 8 aromatic carbocycles. The lowest BCUT2D eigenvalue weighted by Crippen LogP contribution is -2.54. The molecule has 0 fully saturated rings. The highest BCUT2D eigenvalue weighted by molar-refractivity contribution is 7.20. The molecule has 10 heteroatoms. The number of benzene rings is 8. The summed E-state index contributed by atoms with van der Waals surface area (Å²) in [4.78, 5) is 15.4. The number of hydrogen-bond acceptors (Lipinski definition) is 5. The average molecular weight is 1010 g/mol. The fraction of sp³-hybridized carbons (Fsp3) is 0.0909. The Morgan fingerprint density at radius 1 is 0.566 bits per heavy atom. The van der Waals surface area contributed by atoms with Crippen molar-refractivity contribution in [2.24, 2.45) is 0 Å². The topological polar surface area (TPSA) is 63.8 Å². The Kier molecular flexibility index (Phi) is 12.4. The van der Waals surface area contributed by atoms with E-state index in [0.29, 0.717) is 27.7 Å². The fourth-order valence-corrected chi connectivity index (χ4v) is 13.8. The van der Waals surface area contributed by atoms with E-state index in [1.165, 1.54) is 16.7 Å². The first kappa shape index (κ1) is 47.0. The van der Waals surface area contributed by atoms with E-state index in [2.05, 4.69) is 198 Å². The van der Waals surface area contributed by atoms with Crippen LogP contribution in [0.15, 0.2) is 212 Å². The van der Waals surface area contributed by atoms with E-state index in [4.69, 9.17) is 14.8 Å². The number of nitriles is 1. The van der Waals surface area contributed by atoms with Crippen LogP contribution in [0.1, 0.15) is 50.8 Å². The van der Waals surface area contributed by atoms with Gasteiger partial charge in [0.15, 0.2) is 0 Å². The minimum absolute atomic E-state index is 0.416. The quantitative estimate of drug-likeness (QED) is 0.0958. The van der Waals surface area contributed by atoms with Crippen LogP contribution in [0.3, 0.4) is 0 Å². The maximum absolute atomic E-state index is 12.3. The van der Waals surface area contributed by atoms with Crippen molar-refractivity contribution in [3.8, 4) is 17.3 Å². The van der Waals surface area contributed by atoms with E-state index < -0.39 is 13.7 Å². The maximum Gasteiger partial charge on any atom is 0.327 e. The summed E-state index contributed by atoms with van der Waals surface area (Å²) in [7, 11) is 0. The Hall–Kier alpha value is -8.79. The van der Waals surface area contributed by atoms with Gasteiger partial charge in [0.25, 0.3) is 0 Å². The first-order chi connectivity index (χ1) is 37.6. The van der Waals surface area contributed by atoms with Crippen LogP contribution < -0.4 is 32.5 Å². The van der Waals surface area contributed by atoms with E-state index in [9.17, 15) is 11.8 Å². The molecule has 0 saturated carbocycles. The number of hydrogen-bond donors (Lipinski definition) is 0. The van der Waals surface area contributed by atoms with Crippen molar-refractivity contribution in [3.63, 3.8) is 0 Å². The number of rotatable bonds is 11. The van der Waals surface area contributed by atoms with E-state index >= 15 is 0 Å². The zero-order valence-electron chi connectivity index (χ0n) is 41.9. The highest BCUT2D eigenvalue weighted by Crippen LogP contribution is 2.38. The molecule has 0 atom stereocenters. The predicted molar refractivity (Wildman–Crippen MR) is 318 cm³/mol. The molecular weight excluding hydrogens is 963 g/mol. The molecule has 4 aromatic heterocycles. The first-order valence-electron chi connectivity index (χ1n) is 26.0. The van der Waals surface area contributed by atoms with Gasteiger partial charge in [0, 0.05) is 39.5 Å². The van der Waals surface area contributed by atoms with Gasteiger partial charge in [-0.3, -0.25) is 0 Å². The number of para-hydroxylation sites is 2. The number of thiazole rings is 2. The van der Waals surface area contributed by atoms with Crippen molar-refractivity contribution in [3.05, 3.63) is 272 Å². The van der Waals surface area contributed by atoms with Crippen LogP contribution in [-0.2, 0) is 19.3 Å². The smallest absolute Gasteiger partial charge is 0.327 e. The molecule has 0 spiro atoms. The Morgan fingerprint density at radius 2 is 1.08 bits per heavy atom. The molecular formula is C66H48B2N6S2. The summed E-state index contributed by atoms with van der Waals surface area (Å²) in [5.41, 5.74) is 14.9. The second-order valence-corrected chi connectivity index (χ2v) is 21.7. The van der Waals surface area contributed by atoms with Crippen molar-refractivity contribution in [2.45, 2.75) is 39.0 Å². The van der Waals surface area contributed by atoms with Gasteiger partial charge in [-0.1, -0.05) is 210 Å². The van der Waals surface area contributed by atoms with Gasteiger partial charge >= 0.3 is 13.7 Å². The molecule has 0 radical (unpaired) electrons. The SMILES string of the molecule is [C-]#[N+]/C(c1nc2ccccc2s1)=c1\c2c(Cc3cccc4c3CCCC4)n(B(c3ccccc3)c3ccccc3)/c(=C(/C#N)c3nc4ccccc4s3)c2c(-c2ccccc2C)n1B(c1ccccc1)c1ccccc1. The van der Waals surface area contributed by atoms with Gasteiger partial charge in [0.05, 0.1) is 32.4 Å². The van der Waals surface area contributed by atoms with E-state index in [-0.39, 0.29) is 0 Å². The summed E-state index contributed by atoms with van der Waals surface area (Å²) < 4.78 is 6.97. The standard InChI is InChI=1S/C66H48B2N6S2/c1-44-24-15-17-36-51(44)62-60-59(64(61(70-2)66-72-55-39-20-22-41-58(55)76-66)74(62)68(49-32-11-5-12-33-49)50-34-13-6-14-35-50)56(42-46-27-23-26-45-25-16-18-37-52(45)46)73(67(47-28-7-3-8-29-47)48-30-9-4-10-31-48)63(60)53(43-69)65-71-54-38-19-21-40-57(54)75-65/h3-15,17,19-24,26-36,38-41H,16,18,25,37,42H2,1H3/b63-53-,64-61+. The van der Waals surface area contributed by atoms with Gasteiger partial charge in [-0.2, -0.15) is 5.26 Å². The summed E-state index contributed by atoms with van der Waals surface area (Å²) in [6.07, 6.45) is 4.83. The Bertz CT molecular complexity index is 4130. The second-order valence-electron chi connectivity index (χ2n) is 19.6. The van der Waals surface area contributed by atoms with Gasteiger partial charge in [-0.15, -0.1) is 22.7 Å². The van der Waals surface area contributed by atoms with Crippen LogP contribution >= 0.6 is 22.7 Å². The number of aryl methyl sites for hydroxylation is 2. The molecule has 360 valence electrons. The number of aromatic nitrogens is 4. The molecule has 1 aliphatic rings. The predicted octanol–water partition coefficient (Wildman–Crippen LogP) is 11.2. The molecule has 0 unspecified atom stereocenters. The summed E-state index contributed by atoms with van der Waals surface area (Å²) in [6.45, 7) is 10.9. The van der Waals surface area contributed by atoms with E-state index in [1.54, 1.807) is 22.7 Å². The van der Waals surface area contributed by atoms with Crippen molar-refractivity contribution >= 4 is 101 Å². The molecule has 1 aliphatic carbocycles. The molecule has 4 heterocycles. The zero-order chi connectivity index (χ0) is 51.1. The van der Waals surface area contributed by atoms with Crippen LogP contribution in [0.2, 0.25) is 0 Å². The molecule has 0 amide bonds. The monoisotopic (exact) mass is 1010 g/mol. The molecule has 6 nitrogen and oxygen atoms in total. The normalized spacial score (nSPS) is 13.0. The van der Waals surface area contributed by atoms with Gasteiger partial charge in [0.1, 0.15) is 21.7 Å². The van der Waals surface area contributed by atoms with Crippen LogP contribution in [0.4, 0.5) is 0 Å². The summed E-state index contributed by atoms with van der Waals surface area (Å²) in [5, 5.41) is 16.9. The minimum atomic E-state index is -0.434. The molecule has 13 rings (SSSR count). The van der Waals surface area contributed by atoms with Crippen molar-refractivity contribution in [1.29, 1.82) is 5.26 Å². The van der Waals surface area contributed by atoms with Crippen LogP contribution in [0.25, 0.3) is 58.6 Å². The van der Waals surface area contributed by atoms with Crippen LogP contribution in [0.5, 0.6) is 0 Å². The summed E-state index contributed by atoms with van der Waals surface area (Å²) in [5.74, 6) is 0. The van der Waals surface area contributed by atoms with Crippen molar-refractivity contribution in [2.75, 3.05) is 0 Å². The largest absolute Gasteiger partial charge is 0.384 e. The van der Waals surface area contributed by atoms with Crippen LogP contribution in [-0.4, -0.2) is 32.6 Å². The van der Waals surface area contributed by atoms with Gasteiger partial charge < -0.3 is 8.96 Å². The highest BCUT2D eigenvalue weighted by atomic mass is 32.1. The molecule has 12 aromatic rings.